The number of aromatic nitrogens is 3. The van der Waals surface area contributed by atoms with Crippen LogP contribution >= 0.6 is 27.7 Å². The van der Waals surface area contributed by atoms with Crippen molar-refractivity contribution in [2.24, 2.45) is 0 Å². The van der Waals surface area contributed by atoms with Gasteiger partial charge in [-0.2, -0.15) is 4.98 Å². The van der Waals surface area contributed by atoms with E-state index >= 15 is 0 Å². The van der Waals surface area contributed by atoms with Crippen LogP contribution in [0, 0.1) is 6.92 Å². The number of halogens is 1. The van der Waals surface area contributed by atoms with Gasteiger partial charge >= 0.3 is 0 Å². The fraction of sp³-hybridized carbons (Fsp3) is 0.188. The third-order valence-electron chi connectivity index (χ3n) is 3.59. The first kappa shape index (κ1) is 15.5. The third kappa shape index (κ3) is 2.76. The Morgan fingerprint density at radius 1 is 1.21 bits per heavy atom. The van der Waals surface area contributed by atoms with E-state index in [4.69, 9.17) is 9.15 Å². The van der Waals surface area contributed by atoms with Gasteiger partial charge in [-0.05, 0) is 43.5 Å². The van der Waals surface area contributed by atoms with E-state index < -0.39 is 6.23 Å². The fourth-order valence-electron chi connectivity index (χ4n) is 2.48. The van der Waals surface area contributed by atoms with Crippen LogP contribution in [-0.2, 0) is 0 Å². The van der Waals surface area contributed by atoms with E-state index in [0.29, 0.717) is 22.5 Å². The summed E-state index contributed by atoms with van der Waals surface area (Å²) in [6.07, 6.45) is 1.40. The van der Waals surface area contributed by atoms with E-state index in [1.165, 1.54) is 11.8 Å². The zero-order valence-corrected chi connectivity index (χ0v) is 15.3. The van der Waals surface area contributed by atoms with Crippen molar-refractivity contribution in [1.29, 1.82) is 0 Å². The van der Waals surface area contributed by atoms with E-state index in [2.05, 4.69) is 36.4 Å². The molecule has 24 heavy (non-hydrogen) atoms. The number of rotatable bonds is 2. The summed E-state index contributed by atoms with van der Waals surface area (Å²) in [4.78, 5) is 4.47. The molecule has 0 radical (unpaired) electrons. The molecule has 1 aliphatic rings. The highest BCUT2D eigenvalue weighted by Gasteiger charge is 2.27. The average molecular weight is 405 g/mol. The summed E-state index contributed by atoms with van der Waals surface area (Å²) >= 11 is 4.92. The zero-order valence-electron chi connectivity index (χ0n) is 12.9. The maximum Gasteiger partial charge on any atom is 0.247 e. The van der Waals surface area contributed by atoms with E-state index in [9.17, 15) is 0 Å². The molecule has 2 aromatic heterocycles. The first-order chi connectivity index (χ1) is 11.6. The molecule has 8 heteroatoms. The summed E-state index contributed by atoms with van der Waals surface area (Å²) in [7, 11) is 0. The quantitative estimate of drug-likeness (QED) is 0.633. The van der Waals surface area contributed by atoms with Gasteiger partial charge < -0.3 is 14.5 Å². The van der Waals surface area contributed by atoms with Gasteiger partial charge in [0.25, 0.3) is 0 Å². The maximum atomic E-state index is 6.07. The Morgan fingerprint density at radius 3 is 2.83 bits per heavy atom. The van der Waals surface area contributed by atoms with Crippen LogP contribution in [0.5, 0.6) is 5.88 Å². The van der Waals surface area contributed by atoms with Crippen LogP contribution in [0.3, 0.4) is 0 Å². The fourth-order valence-corrected chi connectivity index (χ4v) is 3.14. The smallest absolute Gasteiger partial charge is 0.247 e. The number of thioether (sulfide) groups is 1. The minimum Gasteiger partial charge on any atom is -0.460 e. The number of anilines is 1. The highest BCUT2D eigenvalue weighted by Crippen LogP contribution is 2.40. The summed E-state index contributed by atoms with van der Waals surface area (Å²) in [5.41, 5.74) is 2.35. The molecule has 0 saturated heterocycles. The number of nitrogens with one attached hydrogen (secondary N) is 1. The molecular weight excluding hydrogens is 392 g/mol. The van der Waals surface area contributed by atoms with Crippen molar-refractivity contribution in [3.63, 3.8) is 0 Å². The molecule has 4 rings (SSSR count). The standard InChI is InChI=1S/C16H13BrN4O2S/c1-8-3-6-12(22-8)14-18-11-5-4-9(17)7-10(11)13-15(23-14)19-16(24-2)21-20-13/h3-7,14,18H,1-2H3. The van der Waals surface area contributed by atoms with Crippen LogP contribution in [-0.4, -0.2) is 21.4 Å². The van der Waals surface area contributed by atoms with Crippen molar-refractivity contribution >= 4 is 33.4 Å². The molecule has 0 spiro atoms. The molecule has 1 unspecified atom stereocenters. The van der Waals surface area contributed by atoms with Gasteiger partial charge in [0.05, 0.1) is 0 Å². The summed E-state index contributed by atoms with van der Waals surface area (Å²) in [5, 5.41) is 12.4. The van der Waals surface area contributed by atoms with Gasteiger partial charge in [0.1, 0.15) is 5.76 Å². The van der Waals surface area contributed by atoms with Crippen LogP contribution in [0.1, 0.15) is 17.7 Å². The number of hydrogen-bond donors (Lipinski definition) is 1. The van der Waals surface area contributed by atoms with E-state index in [-0.39, 0.29) is 0 Å². The lowest BCUT2D eigenvalue weighted by Gasteiger charge is -2.16. The number of furan rings is 1. The third-order valence-corrected chi connectivity index (χ3v) is 4.62. The van der Waals surface area contributed by atoms with Gasteiger partial charge in [0, 0.05) is 15.7 Å². The average Bonchev–Trinajstić information content (AvgIpc) is 2.95. The Hall–Kier alpha value is -2.06. The lowest BCUT2D eigenvalue weighted by molar-refractivity contribution is 0.194. The molecule has 0 bridgehead atoms. The number of benzene rings is 1. The highest BCUT2D eigenvalue weighted by atomic mass is 79.9. The van der Waals surface area contributed by atoms with Crippen molar-refractivity contribution in [2.45, 2.75) is 18.3 Å². The SMILES string of the molecule is CSc1nnc2c(n1)OC(c1ccc(C)o1)Nc1ccc(Br)cc1-2. The first-order valence-electron chi connectivity index (χ1n) is 7.22. The number of nitrogens with zero attached hydrogens (tertiary/aromatic N) is 3. The van der Waals surface area contributed by atoms with Gasteiger partial charge in [-0.25, -0.2) is 0 Å². The van der Waals surface area contributed by atoms with Gasteiger partial charge in [-0.3, -0.25) is 0 Å². The molecule has 1 aliphatic heterocycles. The predicted octanol–water partition coefficient (Wildman–Crippen LogP) is 4.43. The largest absolute Gasteiger partial charge is 0.460 e. The van der Waals surface area contributed by atoms with Crippen LogP contribution < -0.4 is 10.1 Å². The van der Waals surface area contributed by atoms with Gasteiger partial charge in [-0.1, -0.05) is 27.7 Å². The monoisotopic (exact) mass is 404 g/mol. The summed E-state index contributed by atoms with van der Waals surface area (Å²) < 4.78 is 12.7. The van der Waals surface area contributed by atoms with Crippen molar-refractivity contribution in [2.75, 3.05) is 11.6 Å². The van der Waals surface area contributed by atoms with Gasteiger partial charge in [0.15, 0.2) is 11.5 Å². The molecular formula is C16H13BrN4O2S. The Bertz CT molecular complexity index is 915. The zero-order chi connectivity index (χ0) is 16.7. The van der Waals surface area contributed by atoms with Gasteiger partial charge in [0.2, 0.25) is 17.3 Å². The molecule has 1 N–H and O–H groups in total. The molecule has 0 saturated carbocycles. The second-order valence-corrected chi connectivity index (χ2v) is 6.92. The molecule has 1 atom stereocenters. The topological polar surface area (TPSA) is 73.1 Å². The molecule has 3 aromatic rings. The Labute approximate surface area is 151 Å². The Kier molecular flexibility index (Phi) is 3.93. The second kappa shape index (κ2) is 6.10. The van der Waals surface area contributed by atoms with E-state index in [0.717, 1.165) is 21.5 Å². The summed E-state index contributed by atoms with van der Waals surface area (Å²) in [6.45, 7) is 1.90. The Morgan fingerprint density at radius 2 is 2.08 bits per heavy atom. The van der Waals surface area contributed by atoms with Crippen LogP contribution in [0.25, 0.3) is 11.3 Å². The molecule has 3 heterocycles. The number of aryl methyl sites for hydroxylation is 1. The van der Waals surface area contributed by atoms with Crippen molar-refractivity contribution in [1.82, 2.24) is 15.2 Å². The number of fused-ring (bicyclic) bond motifs is 3. The van der Waals surface area contributed by atoms with E-state index in [1.54, 1.807) is 0 Å². The van der Waals surface area contributed by atoms with Crippen molar-refractivity contribution < 1.29 is 9.15 Å². The highest BCUT2D eigenvalue weighted by molar-refractivity contribution is 9.10. The maximum absolute atomic E-state index is 6.07. The molecule has 0 fully saturated rings. The minimum atomic E-state index is -0.494. The van der Waals surface area contributed by atoms with Crippen molar-refractivity contribution in [3.05, 3.63) is 46.3 Å². The molecule has 6 nitrogen and oxygen atoms in total. The Balaban J connectivity index is 1.88. The van der Waals surface area contributed by atoms with Gasteiger partial charge in [-0.15, -0.1) is 10.2 Å². The van der Waals surface area contributed by atoms with E-state index in [1.807, 2.05) is 43.5 Å². The molecule has 0 amide bonds. The van der Waals surface area contributed by atoms with Crippen LogP contribution in [0.4, 0.5) is 5.69 Å². The molecule has 122 valence electrons. The predicted molar refractivity (Wildman–Crippen MR) is 95.2 cm³/mol. The number of hydrogen-bond acceptors (Lipinski definition) is 7. The van der Waals surface area contributed by atoms with Crippen LogP contribution in [0.15, 0.2) is 44.4 Å². The molecule has 1 aromatic carbocycles. The summed E-state index contributed by atoms with van der Waals surface area (Å²) in [5.74, 6) is 1.93. The first-order valence-corrected chi connectivity index (χ1v) is 9.24. The minimum absolute atomic E-state index is 0.428. The molecule has 0 aliphatic carbocycles. The lowest BCUT2D eigenvalue weighted by atomic mass is 10.1. The normalized spacial score (nSPS) is 15.7. The van der Waals surface area contributed by atoms with Crippen LogP contribution in [0.2, 0.25) is 0 Å². The second-order valence-electron chi connectivity index (χ2n) is 5.23. The summed E-state index contributed by atoms with van der Waals surface area (Å²) in [6, 6.07) is 9.68. The lowest BCUT2D eigenvalue weighted by Crippen LogP contribution is -2.16. The van der Waals surface area contributed by atoms with Crippen molar-refractivity contribution in [3.8, 4) is 17.1 Å². The number of ether oxygens (including phenoxy) is 1.